The fourth-order valence-electron chi connectivity index (χ4n) is 2.63. The Labute approximate surface area is 119 Å². The van der Waals surface area contributed by atoms with Gasteiger partial charge in [-0.1, -0.05) is 13.8 Å². The normalized spacial score (nSPS) is 22.2. The van der Waals surface area contributed by atoms with Crippen LogP contribution in [0.2, 0.25) is 0 Å². The van der Waals surface area contributed by atoms with E-state index in [1.54, 1.807) is 13.2 Å². The van der Waals surface area contributed by atoms with Crippen LogP contribution in [0, 0.1) is 0 Å². The second-order valence-electron chi connectivity index (χ2n) is 5.65. The molecule has 2 unspecified atom stereocenters. The number of nitrogens with one attached hydrogen (secondary N) is 1. The number of hydrogen-bond donors (Lipinski definition) is 2. The van der Waals surface area contributed by atoms with E-state index < -0.39 is 0 Å². The topological polar surface area (TPSA) is 77.2 Å². The van der Waals surface area contributed by atoms with Crippen LogP contribution in [0.5, 0.6) is 0 Å². The fraction of sp³-hybridized carbons (Fsp3) is 0.600. The molecule has 0 saturated heterocycles. The van der Waals surface area contributed by atoms with Crippen LogP contribution in [0.15, 0.2) is 12.1 Å². The van der Waals surface area contributed by atoms with E-state index in [9.17, 15) is 4.79 Å². The maximum Gasteiger partial charge on any atom is 0.251 e. The summed E-state index contributed by atoms with van der Waals surface area (Å²) in [7, 11) is 1.69. The summed E-state index contributed by atoms with van der Waals surface area (Å²) in [6.45, 7) is 4.06. The molecule has 1 amide bonds. The van der Waals surface area contributed by atoms with Gasteiger partial charge in [0.2, 0.25) is 0 Å². The number of amides is 1. The van der Waals surface area contributed by atoms with Gasteiger partial charge in [-0.15, -0.1) is 0 Å². The van der Waals surface area contributed by atoms with E-state index >= 15 is 0 Å². The van der Waals surface area contributed by atoms with Crippen molar-refractivity contribution in [3.8, 4) is 0 Å². The number of methoxy groups -OCH3 is 1. The molecule has 0 aliphatic heterocycles. The molecule has 0 spiro atoms. The van der Waals surface area contributed by atoms with Crippen molar-refractivity contribution in [3.63, 3.8) is 0 Å². The van der Waals surface area contributed by atoms with E-state index in [2.05, 4.69) is 10.3 Å². The predicted molar refractivity (Wildman–Crippen MR) is 78.6 cm³/mol. The predicted octanol–water partition coefficient (Wildman–Crippen LogP) is 2.08. The zero-order chi connectivity index (χ0) is 14.7. The lowest BCUT2D eigenvalue weighted by atomic mass is 10.1. The molecule has 0 aromatic carbocycles. The molecule has 1 heterocycles. The van der Waals surface area contributed by atoms with Gasteiger partial charge < -0.3 is 15.8 Å². The lowest BCUT2D eigenvalue weighted by Gasteiger charge is -2.20. The van der Waals surface area contributed by atoms with E-state index in [0.29, 0.717) is 11.4 Å². The first-order chi connectivity index (χ1) is 9.51. The summed E-state index contributed by atoms with van der Waals surface area (Å²) in [6, 6.07) is 3.52. The minimum Gasteiger partial charge on any atom is -0.384 e. The maximum absolute atomic E-state index is 12.3. The summed E-state index contributed by atoms with van der Waals surface area (Å²) in [4.78, 5) is 16.6. The highest BCUT2D eigenvalue weighted by atomic mass is 16.5. The van der Waals surface area contributed by atoms with Crippen molar-refractivity contribution in [2.45, 2.75) is 51.2 Å². The van der Waals surface area contributed by atoms with E-state index in [1.807, 2.05) is 19.9 Å². The van der Waals surface area contributed by atoms with Crippen LogP contribution in [0.3, 0.4) is 0 Å². The van der Waals surface area contributed by atoms with Gasteiger partial charge in [-0.3, -0.25) is 4.79 Å². The second kappa shape index (κ2) is 6.22. The minimum absolute atomic E-state index is 0.0874. The monoisotopic (exact) mass is 277 g/mol. The zero-order valence-corrected chi connectivity index (χ0v) is 12.3. The molecule has 20 heavy (non-hydrogen) atoms. The standard InChI is InChI=1S/C15H23N3O2/c1-9(2)12-7-10(8-14(16)17-12)15(19)18-11-5-4-6-13(11)20-3/h7-9,11,13H,4-6H2,1-3H3,(H2,16,17)(H,18,19). The maximum atomic E-state index is 12.3. The minimum atomic E-state index is -0.102. The van der Waals surface area contributed by atoms with Crippen molar-refractivity contribution in [2.24, 2.45) is 0 Å². The average Bonchev–Trinajstić information content (AvgIpc) is 2.85. The number of pyridine rings is 1. The van der Waals surface area contributed by atoms with Crippen LogP contribution in [-0.2, 0) is 4.74 Å². The van der Waals surface area contributed by atoms with Gasteiger partial charge >= 0.3 is 0 Å². The quantitative estimate of drug-likeness (QED) is 0.883. The molecule has 2 rings (SSSR count). The highest BCUT2D eigenvalue weighted by Crippen LogP contribution is 2.22. The third kappa shape index (κ3) is 3.28. The summed E-state index contributed by atoms with van der Waals surface area (Å²) in [6.07, 6.45) is 3.15. The van der Waals surface area contributed by atoms with E-state index in [4.69, 9.17) is 10.5 Å². The first-order valence-electron chi connectivity index (χ1n) is 7.12. The van der Waals surface area contributed by atoms with Crippen LogP contribution in [0.25, 0.3) is 0 Å². The number of nitrogens with zero attached hydrogens (tertiary/aromatic N) is 1. The lowest BCUT2D eigenvalue weighted by molar-refractivity contribution is 0.0722. The van der Waals surface area contributed by atoms with Gasteiger partial charge in [0.05, 0.1) is 12.1 Å². The number of rotatable bonds is 4. The van der Waals surface area contributed by atoms with Crippen LogP contribution in [-0.4, -0.2) is 30.1 Å². The first kappa shape index (κ1) is 14.8. The Morgan fingerprint density at radius 3 is 2.85 bits per heavy atom. The molecule has 1 aromatic heterocycles. The Bertz CT molecular complexity index is 488. The Morgan fingerprint density at radius 2 is 2.20 bits per heavy atom. The largest absolute Gasteiger partial charge is 0.384 e. The van der Waals surface area contributed by atoms with E-state index in [1.165, 1.54) is 0 Å². The summed E-state index contributed by atoms with van der Waals surface area (Å²) < 4.78 is 5.39. The molecule has 5 heteroatoms. The number of hydrogen-bond acceptors (Lipinski definition) is 4. The first-order valence-corrected chi connectivity index (χ1v) is 7.12. The van der Waals surface area contributed by atoms with E-state index in [-0.39, 0.29) is 24.0 Å². The van der Waals surface area contributed by atoms with Crippen molar-refractivity contribution in [1.29, 1.82) is 0 Å². The number of ether oxygens (including phenoxy) is 1. The molecule has 2 atom stereocenters. The molecule has 1 aliphatic rings. The Balaban J connectivity index is 2.13. The number of anilines is 1. The molecule has 1 aliphatic carbocycles. The fourth-order valence-corrected chi connectivity index (χ4v) is 2.63. The summed E-state index contributed by atoms with van der Waals surface area (Å²) in [5.74, 6) is 0.522. The Morgan fingerprint density at radius 1 is 1.45 bits per heavy atom. The number of carbonyl (C=O) groups is 1. The molecule has 1 saturated carbocycles. The number of nitrogen functional groups attached to an aromatic ring is 1. The van der Waals surface area contributed by atoms with Gasteiger partial charge in [-0.25, -0.2) is 4.98 Å². The van der Waals surface area contributed by atoms with Crippen molar-refractivity contribution in [3.05, 3.63) is 23.4 Å². The smallest absolute Gasteiger partial charge is 0.251 e. The molecule has 0 radical (unpaired) electrons. The van der Waals surface area contributed by atoms with Gasteiger partial charge in [-0.05, 0) is 37.3 Å². The van der Waals surface area contributed by atoms with Crippen LogP contribution >= 0.6 is 0 Å². The lowest BCUT2D eigenvalue weighted by Crippen LogP contribution is -2.40. The molecular weight excluding hydrogens is 254 g/mol. The molecule has 1 aromatic rings. The second-order valence-corrected chi connectivity index (χ2v) is 5.65. The van der Waals surface area contributed by atoms with Gasteiger partial charge in [0.15, 0.2) is 0 Å². The average molecular weight is 277 g/mol. The highest BCUT2D eigenvalue weighted by Gasteiger charge is 2.28. The Hall–Kier alpha value is -1.62. The molecule has 1 fully saturated rings. The van der Waals surface area contributed by atoms with Crippen molar-refractivity contribution < 1.29 is 9.53 Å². The van der Waals surface area contributed by atoms with Gasteiger partial charge in [0.1, 0.15) is 5.82 Å². The molecular formula is C15H23N3O2. The third-order valence-corrected chi connectivity index (χ3v) is 3.79. The van der Waals surface area contributed by atoms with Crippen LogP contribution < -0.4 is 11.1 Å². The van der Waals surface area contributed by atoms with Crippen molar-refractivity contribution in [2.75, 3.05) is 12.8 Å². The van der Waals surface area contributed by atoms with Crippen molar-refractivity contribution >= 4 is 11.7 Å². The highest BCUT2D eigenvalue weighted by molar-refractivity contribution is 5.95. The van der Waals surface area contributed by atoms with Gasteiger partial charge in [0.25, 0.3) is 5.91 Å². The molecule has 110 valence electrons. The van der Waals surface area contributed by atoms with Gasteiger partial charge in [0, 0.05) is 18.4 Å². The van der Waals surface area contributed by atoms with Gasteiger partial charge in [-0.2, -0.15) is 0 Å². The van der Waals surface area contributed by atoms with Crippen LogP contribution in [0.4, 0.5) is 5.82 Å². The zero-order valence-electron chi connectivity index (χ0n) is 12.3. The summed E-state index contributed by atoms with van der Waals surface area (Å²) >= 11 is 0. The molecule has 0 bridgehead atoms. The molecule has 5 nitrogen and oxygen atoms in total. The Kier molecular flexibility index (Phi) is 4.60. The summed E-state index contributed by atoms with van der Waals surface area (Å²) in [5, 5.41) is 3.04. The number of carbonyl (C=O) groups excluding carboxylic acids is 1. The van der Waals surface area contributed by atoms with Crippen molar-refractivity contribution in [1.82, 2.24) is 10.3 Å². The SMILES string of the molecule is COC1CCCC1NC(=O)c1cc(N)nc(C(C)C)c1. The molecule has 3 N–H and O–H groups in total. The number of aromatic nitrogens is 1. The van der Waals surface area contributed by atoms with E-state index in [0.717, 1.165) is 25.0 Å². The third-order valence-electron chi connectivity index (χ3n) is 3.79. The number of nitrogens with two attached hydrogens (primary N) is 1. The van der Waals surface area contributed by atoms with Crippen LogP contribution in [0.1, 0.15) is 55.1 Å². The summed E-state index contributed by atoms with van der Waals surface area (Å²) in [5.41, 5.74) is 7.19.